The molecule has 9 heteroatoms. The number of nitro benzene ring substituents is 1. The van der Waals surface area contributed by atoms with Crippen molar-refractivity contribution in [3.05, 3.63) is 58.6 Å². The lowest BCUT2D eigenvalue weighted by Gasteiger charge is -2.32. The summed E-state index contributed by atoms with van der Waals surface area (Å²) in [6.07, 6.45) is 2.87. The molecule has 0 spiro atoms. The van der Waals surface area contributed by atoms with Gasteiger partial charge in [-0.15, -0.1) is 11.8 Å². The highest BCUT2D eigenvalue weighted by atomic mass is 32.2. The third-order valence-electron chi connectivity index (χ3n) is 5.63. The number of piperidine rings is 1. The lowest BCUT2D eigenvalue weighted by Crippen LogP contribution is -2.38. The minimum atomic E-state index is -0.717. The fraction of sp³-hybridized carbons (Fsp3) is 0.455. The first-order chi connectivity index (χ1) is 15.1. The van der Waals surface area contributed by atoms with Crippen LogP contribution in [0.4, 0.5) is 11.4 Å². The van der Waals surface area contributed by atoms with Gasteiger partial charge in [-0.05, 0) is 62.5 Å². The van der Waals surface area contributed by atoms with E-state index in [0.717, 1.165) is 49.5 Å². The third-order valence-corrected chi connectivity index (χ3v) is 7.35. The molecule has 0 bridgehead atoms. The van der Waals surface area contributed by atoms with Crippen LogP contribution in [-0.2, 0) is 4.57 Å². The van der Waals surface area contributed by atoms with Gasteiger partial charge in [-0.3, -0.25) is 10.1 Å². The number of thioether (sulfide) groups is 1. The molecule has 31 heavy (non-hydrogen) atoms. The fourth-order valence-electron chi connectivity index (χ4n) is 3.73. The first kappa shape index (κ1) is 23.7. The van der Waals surface area contributed by atoms with Crippen LogP contribution in [0.1, 0.15) is 19.3 Å². The molecule has 2 N–H and O–H groups in total. The maximum absolute atomic E-state index is 11.5. The van der Waals surface area contributed by atoms with E-state index in [9.17, 15) is 19.8 Å². The van der Waals surface area contributed by atoms with Crippen molar-refractivity contribution in [2.45, 2.75) is 30.2 Å². The van der Waals surface area contributed by atoms with Gasteiger partial charge in [-0.25, -0.2) is 0 Å². The van der Waals surface area contributed by atoms with Crippen LogP contribution < -0.4 is 10.6 Å². The molecule has 1 aliphatic rings. The maximum atomic E-state index is 11.5. The zero-order valence-electron chi connectivity index (χ0n) is 17.4. The Hall–Kier alpha value is -1.99. The number of nitrogens with one attached hydrogen (secondary N) is 1. The molecule has 0 saturated carbocycles. The quantitative estimate of drug-likeness (QED) is 0.226. The van der Waals surface area contributed by atoms with Crippen LogP contribution >= 0.6 is 20.2 Å². The molecule has 1 aliphatic heterocycles. The predicted molar refractivity (Wildman–Crippen MR) is 127 cm³/mol. The lowest BCUT2D eigenvalue weighted by molar-refractivity contribution is -0.383. The number of aliphatic hydroxyl groups excluding tert-OH is 1. The summed E-state index contributed by atoms with van der Waals surface area (Å²) >= 11 is 1.73. The standard InChI is InChI=1S/C22H28N3O4PS/c26-15-17-8-11-24(12-9-17)13-10-18(16-31-20-4-2-1-3-5-20)23-21-7-6-19(30-29)14-22(21)25(27)28/h1-7,14,17-18,23,26H,8-13,15-16H2/p+1/t18-/m1/s1. The van der Waals surface area contributed by atoms with E-state index in [0.29, 0.717) is 16.9 Å². The molecule has 0 amide bonds. The van der Waals surface area contributed by atoms with Gasteiger partial charge < -0.3 is 15.3 Å². The smallest absolute Gasteiger partial charge is 0.363 e. The summed E-state index contributed by atoms with van der Waals surface area (Å²) in [7, 11) is -0.717. The number of hydrogen-bond acceptors (Lipinski definition) is 7. The molecule has 3 rings (SSSR count). The average molecular weight is 463 g/mol. The van der Waals surface area contributed by atoms with Gasteiger partial charge in [-0.2, -0.15) is 0 Å². The molecule has 166 valence electrons. The first-order valence-electron chi connectivity index (χ1n) is 10.5. The minimum absolute atomic E-state index is 0.0417. The zero-order chi connectivity index (χ0) is 22.1. The van der Waals surface area contributed by atoms with Crippen LogP contribution in [0.25, 0.3) is 0 Å². The Morgan fingerprint density at radius 3 is 2.61 bits per heavy atom. The second-order valence-electron chi connectivity index (χ2n) is 7.81. The summed E-state index contributed by atoms with van der Waals surface area (Å²) in [5.41, 5.74) is 0.420. The van der Waals surface area contributed by atoms with Crippen LogP contribution in [0.3, 0.4) is 0 Å². The number of aliphatic hydroxyl groups is 1. The van der Waals surface area contributed by atoms with E-state index in [1.807, 2.05) is 18.2 Å². The van der Waals surface area contributed by atoms with Crippen molar-refractivity contribution in [2.24, 2.45) is 5.92 Å². The van der Waals surface area contributed by atoms with Gasteiger partial charge in [0, 0.05) is 29.8 Å². The predicted octanol–water partition coefficient (Wildman–Crippen LogP) is 3.91. The third kappa shape index (κ3) is 7.28. The molecular formula is C22H29N3O4PS+. The first-order valence-corrected chi connectivity index (χ1v) is 12.4. The van der Waals surface area contributed by atoms with Crippen LogP contribution in [-0.4, -0.2) is 53.0 Å². The Balaban J connectivity index is 1.68. The van der Waals surface area contributed by atoms with Gasteiger partial charge in [0.05, 0.1) is 11.0 Å². The van der Waals surface area contributed by atoms with E-state index < -0.39 is 13.4 Å². The fourth-order valence-corrected chi connectivity index (χ4v) is 5.07. The normalized spacial score (nSPS) is 16.3. The highest BCUT2D eigenvalue weighted by Crippen LogP contribution is 2.27. The number of rotatable bonds is 11. The van der Waals surface area contributed by atoms with Crippen molar-refractivity contribution >= 4 is 36.9 Å². The van der Waals surface area contributed by atoms with Gasteiger partial charge in [0.1, 0.15) is 5.69 Å². The summed E-state index contributed by atoms with van der Waals surface area (Å²) in [6.45, 7) is 3.11. The summed E-state index contributed by atoms with van der Waals surface area (Å²) in [5.74, 6) is 1.18. The minimum Gasteiger partial charge on any atom is -0.396 e. The van der Waals surface area contributed by atoms with E-state index >= 15 is 0 Å². The second-order valence-corrected chi connectivity index (χ2v) is 9.69. The second kappa shape index (κ2) is 12.2. The number of nitrogens with zero attached hydrogens (tertiary/aromatic N) is 2. The summed E-state index contributed by atoms with van der Waals surface area (Å²) < 4.78 is 11.2. The maximum Gasteiger partial charge on any atom is 0.363 e. The van der Waals surface area contributed by atoms with Gasteiger partial charge in [0.25, 0.3) is 5.69 Å². The molecule has 1 unspecified atom stereocenters. The molecule has 1 heterocycles. The largest absolute Gasteiger partial charge is 0.396 e. The monoisotopic (exact) mass is 462 g/mol. The molecule has 0 radical (unpaired) electrons. The summed E-state index contributed by atoms with van der Waals surface area (Å²) in [4.78, 5) is 14.7. The Morgan fingerprint density at radius 2 is 1.97 bits per heavy atom. The molecule has 1 fully saturated rings. The highest BCUT2D eigenvalue weighted by molar-refractivity contribution is 7.99. The Labute approximate surface area is 188 Å². The van der Waals surface area contributed by atoms with Gasteiger partial charge >= 0.3 is 8.46 Å². The molecule has 2 atom stereocenters. The molecular weight excluding hydrogens is 433 g/mol. The number of anilines is 1. The SMILES string of the molecule is O=[PH+]c1ccc(N[C@H](CCN2CCC(CO)CC2)CSc2ccccc2)c([N+](=O)[O-])c1. The van der Waals surface area contributed by atoms with Crippen molar-refractivity contribution in [3.8, 4) is 0 Å². The van der Waals surface area contributed by atoms with Gasteiger partial charge in [0.2, 0.25) is 0 Å². The molecule has 1 saturated heterocycles. The number of hydrogen-bond donors (Lipinski definition) is 2. The van der Waals surface area contributed by atoms with Crippen molar-refractivity contribution in [1.82, 2.24) is 4.90 Å². The van der Waals surface area contributed by atoms with Crippen molar-refractivity contribution < 1.29 is 14.6 Å². The lowest BCUT2D eigenvalue weighted by atomic mass is 9.97. The van der Waals surface area contributed by atoms with Crippen LogP contribution in [0, 0.1) is 16.0 Å². The molecule has 2 aromatic rings. The number of likely N-dealkylation sites (tertiary alicyclic amines) is 1. The average Bonchev–Trinajstić information content (AvgIpc) is 2.81. The number of nitro groups is 1. The topological polar surface area (TPSA) is 95.7 Å². The zero-order valence-corrected chi connectivity index (χ0v) is 19.2. The van der Waals surface area contributed by atoms with E-state index in [2.05, 4.69) is 22.3 Å². The number of benzene rings is 2. The van der Waals surface area contributed by atoms with E-state index in [4.69, 9.17) is 0 Å². The van der Waals surface area contributed by atoms with E-state index in [1.165, 1.54) is 6.07 Å². The molecule has 0 aliphatic carbocycles. The Morgan fingerprint density at radius 1 is 1.23 bits per heavy atom. The summed E-state index contributed by atoms with van der Waals surface area (Å²) in [5, 5.41) is 24.7. The van der Waals surface area contributed by atoms with Crippen LogP contribution in [0.5, 0.6) is 0 Å². The highest BCUT2D eigenvalue weighted by Gasteiger charge is 2.22. The van der Waals surface area contributed by atoms with Gasteiger partial charge in [0.15, 0.2) is 5.30 Å². The van der Waals surface area contributed by atoms with Crippen molar-refractivity contribution in [2.75, 3.05) is 37.3 Å². The molecule has 0 aromatic heterocycles. The van der Waals surface area contributed by atoms with Crippen molar-refractivity contribution in [1.29, 1.82) is 0 Å². The molecule has 2 aromatic carbocycles. The van der Waals surface area contributed by atoms with Crippen LogP contribution in [0.15, 0.2) is 53.4 Å². The Bertz CT molecular complexity index is 863. The summed E-state index contributed by atoms with van der Waals surface area (Å²) in [6, 6.07) is 14.9. The van der Waals surface area contributed by atoms with Gasteiger partial charge in [-0.1, -0.05) is 22.8 Å². The van der Waals surface area contributed by atoms with E-state index in [-0.39, 0.29) is 18.3 Å². The molecule has 7 nitrogen and oxygen atoms in total. The van der Waals surface area contributed by atoms with Crippen LogP contribution in [0.2, 0.25) is 0 Å². The Kier molecular flexibility index (Phi) is 9.28. The van der Waals surface area contributed by atoms with Crippen molar-refractivity contribution in [3.63, 3.8) is 0 Å². The van der Waals surface area contributed by atoms with E-state index in [1.54, 1.807) is 23.9 Å².